The summed E-state index contributed by atoms with van der Waals surface area (Å²) in [5, 5.41) is 5.05. The summed E-state index contributed by atoms with van der Waals surface area (Å²) < 4.78 is 10.3. The second-order valence-electron chi connectivity index (χ2n) is 7.98. The monoisotopic (exact) mass is 467 g/mol. The van der Waals surface area contributed by atoms with Gasteiger partial charge in [0.05, 0.1) is 0 Å². The highest BCUT2D eigenvalue weighted by molar-refractivity contribution is 5.92. The highest BCUT2D eigenvalue weighted by Gasteiger charge is 2.36. The molecule has 2 aromatic carbocycles. The van der Waals surface area contributed by atoms with Crippen LogP contribution in [0.15, 0.2) is 60.7 Å². The summed E-state index contributed by atoms with van der Waals surface area (Å²) in [6.45, 7) is 1.85. The SMILES string of the molecule is CC(NC(=O)OCc1ccccc1)C(=O)N1CCCC1C(=O)NCC(=O)OCc1ccccc1. The molecule has 9 nitrogen and oxygen atoms in total. The minimum Gasteiger partial charge on any atom is -0.460 e. The number of hydrogen-bond acceptors (Lipinski definition) is 6. The van der Waals surface area contributed by atoms with E-state index < -0.39 is 30.1 Å². The molecule has 0 aromatic heterocycles. The zero-order valence-electron chi connectivity index (χ0n) is 19.1. The molecule has 2 aromatic rings. The number of likely N-dealkylation sites (tertiary alicyclic amines) is 1. The third-order valence-electron chi connectivity index (χ3n) is 5.41. The number of nitrogens with one attached hydrogen (secondary N) is 2. The summed E-state index contributed by atoms with van der Waals surface area (Å²) >= 11 is 0. The van der Waals surface area contributed by atoms with E-state index in [0.717, 1.165) is 11.1 Å². The van der Waals surface area contributed by atoms with Crippen LogP contribution in [0.25, 0.3) is 0 Å². The number of esters is 1. The van der Waals surface area contributed by atoms with E-state index in [1.807, 2.05) is 60.7 Å². The number of rotatable bonds is 9. The van der Waals surface area contributed by atoms with Gasteiger partial charge in [-0.2, -0.15) is 0 Å². The Morgan fingerprint density at radius 1 is 0.941 bits per heavy atom. The molecule has 1 saturated heterocycles. The van der Waals surface area contributed by atoms with Gasteiger partial charge in [0, 0.05) is 6.54 Å². The predicted octanol–water partition coefficient (Wildman–Crippen LogP) is 2.15. The Morgan fingerprint density at radius 3 is 2.15 bits per heavy atom. The molecule has 1 aliphatic rings. The summed E-state index contributed by atoms with van der Waals surface area (Å²) in [4.78, 5) is 50.9. The van der Waals surface area contributed by atoms with Crippen LogP contribution in [-0.2, 0) is 37.1 Å². The fourth-order valence-corrected chi connectivity index (χ4v) is 3.62. The third kappa shape index (κ3) is 7.33. The van der Waals surface area contributed by atoms with Crippen LogP contribution in [0.1, 0.15) is 30.9 Å². The van der Waals surface area contributed by atoms with E-state index in [9.17, 15) is 19.2 Å². The first-order valence-corrected chi connectivity index (χ1v) is 11.2. The van der Waals surface area contributed by atoms with E-state index >= 15 is 0 Å². The third-order valence-corrected chi connectivity index (χ3v) is 5.41. The van der Waals surface area contributed by atoms with Gasteiger partial charge in [-0.25, -0.2) is 4.79 Å². The number of hydrogen-bond donors (Lipinski definition) is 2. The molecule has 3 amide bonds. The van der Waals surface area contributed by atoms with Gasteiger partial charge < -0.3 is 25.0 Å². The van der Waals surface area contributed by atoms with Gasteiger partial charge in [0.15, 0.2) is 0 Å². The number of alkyl carbamates (subject to hydrolysis) is 1. The highest BCUT2D eigenvalue weighted by atomic mass is 16.5. The molecular weight excluding hydrogens is 438 g/mol. The Labute approximate surface area is 198 Å². The van der Waals surface area contributed by atoms with Gasteiger partial charge in [-0.15, -0.1) is 0 Å². The van der Waals surface area contributed by atoms with Crippen LogP contribution in [0.4, 0.5) is 4.79 Å². The van der Waals surface area contributed by atoms with Crippen molar-refractivity contribution in [3.05, 3.63) is 71.8 Å². The summed E-state index contributed by atoms with van der Waals surface area (Å²) in [6.07, 6.45) is 0.404. The Bertz CT molecular complexity index is 983. The van der Waals surface area contributed by atoms with Crippen molar-refractivity contribution in [2.75, 3.05) is 13.1 Å². The predicted molar refractivity (Wildman–Crippen MR) is 123 cm³/mol. The van der Waals surface area contributed by atoms with Crippen LogP contribution in [-0.4, -0.2) is 54.0 Å². The van der Waals surface area contributed by atoms with Gasteiger partial charge >= 0.3 is 12.1 Å². The minimum absolute atomic E-state index is 0.0860. The Kier molecular flexibility index (Phi) is 9.02. The quantitative estimate of drug-likeness (QED) is 0.547. The first kappa shape index (κ1) is 24.8. The summed E-state index contributed by atoms with van der Waals surface area (Å²) in [5.74, 6) is -1.38. The van der Waals surface area contributed by atoms with E-state index in [0.29, 0.717) is 19.4 Å². The lowest BCUT2D eigenvalue weighted by atomic mass is 10.2. The highest BCUT2D eigenvalue weighted by Crippen LogP contribution is 2.18. The van der Waals surface area contributed by atoms with Gasteiger partial charge in [-0.1, -0.05) is 60.7 Å². The smallest absolute Gasteiger partial charge is 0.408 e. The molecule has 0 aliphatic carbocycles. The van der Waals surface area contributed by atoms with Gasteiger partial charge in [-0.05, 0) is 30.9 Å². The summed E-state index contributed by atoms with van der Waals surface area (Å²) in [7, 11) is 0. The average Bonchev–Trinajstić information content (AvgIpc) is 3.35. The lowest BCUT2D eigenvalue weighted by Gasteiger charge is -2.27. The molecule has 0 saturated carbocycles. The lowest BCUT2D eigenvalue weighted by Crippen LogP contribution is -2.53. The molecule has 2 N–H and O–H groups in total. The van der Waals surface area contributed by atoms with Crippen LogP contribution in [0, 0.1) is 0 Å². The Balaban J connectivity index is 1.42. The van der Waals surface area contributed by atoms with Crippen molar-refractivity contribution in [1.29, 1.82) is 0 Å². The van der Waals surface area contributed by atoms with Crippen molar-refractivity contribution in [2.45, 2.75) is 45.1 Å². The molecule has 1 aliphatic heterocycles. The Hall–Kier alpha value is -3.88. The van der Waals surface area contributed by atoms with Crippen LogP contribution < -0.4 is 10.6 Å². The molecule has 0 bridgehead atoms. The topological polar surface area (TPSA) is 114 Å². The maximum Gasteiger partial charge on any atom is 0.408 e. The normalized spacial score (nSPS) is 15.8. The van der Waals surface area contributed by atoms with E-state index in [-0.39, 0.29) is 25.7 Å². The molecule has 1 fully saturated rings. The summed E-state index contributed by atoms with van der Waals surface area (Å²) in [5.41, 5.74) is 1.67. The minimum atomic E-state index is -0.868. The van der Waals surface area contributed by atoms with Gasteiger partial charge in [0.1, 0.15) is 31.8 Å². The molecular formula is C25H29N3O6. The van der Waals surface area contributed by atoms with Crippen LogP contribution in [0.5, 0.6) is 0 Å². The number of amides is 3. The first-order valence-electron chi connectivity index (χ1n) is 11.2. The molecule has 2 atom stereocenters. The largest absolute Gasteiger partial charge is 0.460 e. The van der Waals surface area contributed by atoms with Crippen molar-refractivity contribution < 1.29 is 28.7 Å². The van der Waals surface area contributed by atoms with E-state index in [1.165, 1.54) is 4.90 Å². The maximum absolute atomic E-state index is 12.9. The molecule has 180 valence electrons. The van der Waals surface area contributed by atoms with Gasteiger partial charge in [-0.3, -0.25) is 14.4 Å². The molecule has 1 heterocycles. The molecule has 2 unspecified atom stereocenters. The van der Waals surface area contributed by atoms with Gasteiger partial charge in [0.2, 0.25) is 11.8 Å². The lowest BCUT2D eigenvalue weighted by molar-refractivity contribution is -0.146. The van der Waals surface area contributed by atoms with Crippen molar-refractivity contribution in [3.8, 4) is 0 Å². The van der Waals surface area contributed by atoms with Crippen molar-refractivity contribution in [3.63, 3.8) is 0 Å². The van der Waals surface area contributed by atoms with E-state index in [2.05, 4.69) is 10.6 Å². The zero-order valence-corrected chi connectivity index (χ0v) is 19.1. The number of benzene rings is 2. The molecule has 0 radical (unpaired) electrons. The fraction of sp³-hybridized carbons (Fsp3) is 0.360. The van der Waals surface area contributed by atoms with Crippen LogP contribution in [0.3, 0.4) is 0 Å². The zero-order chi connectivity index (χ0) is 24.3. The average molecular weight is 468 g/mol. The standard InChI is InChI=1S/C25H29N3O6/c1-18(27-25(32)34-17-20-11-6-3-7-12-20)24(31)28-14-8-13-21(28)23(30)26-15-22(29)33-16-19-9-4-2-5-10-19/h2-7,9-12,18,21H,8,13-17H2,1H3,(H,26,30)(H,27,32). The van der Waals surface area contributed by atoms with Crippen molar-refractivity contribution >= 4 is 23.9 Å². The molecule has 9 heteroatoms. The van der Waals surface area contributed by atoms with Gasteiger partial charge in [0.25, 0.3) is 0 Å². The Morgan fingerprint density at radius 2 is 1.53 bits per heavy atom. The molecule has 0 spiro atoms. The van der Waals surface area contributed by atoms with Crippen LogP contribution in [0.2, 0.25) is 0 Å². The number of carbonyl (C=O) groups excluding carboxylic acids is 4. The summed E-state index contributed by atoms with van der Waals surface area (Å²) in [6, 6.07) is 16.8. The second-order valence-corrected chi connectivity index (χ2v) is 7.98. The van der Waals surface area contributed by atoms with Crippen LogP contribution >= 0.6 is 0 Å². The van der Waals surface area contributed by atoms with E-state index in [1.54, 1.807) is 6.92 Å². The van der Waals surface area contributed by atoms with E-state index in [4.69, 9.17) is 9.47 Å². The maximum atomic E-state index is 12.9. The number of ether oxygens (including phenoxy) is 2. The number of carbonyl (C=O) groups is 4. The molecule has 3 rings (SSSR count). The second kappa shape index (κ2) is 12.4. The fourth-order valence-electron chi connectivity index (χ4n) is 3.62. The van der Waals surface area contributed by atoms with Crippen molar-refractivity contribution in [1.82, 2.24) is 15.5 Å². The molecule has 34 heavy (non-hydrogen) atoms. The first-order chi connectivity index (χ1) is 16.4. The number of nitrogens with zero attached hydrogens (tertiary/aromatic N) is 1. The van der Waals surface area contributed by atoms with Crippen molar-refractivity contribution in [2.24, 2.45) is 0 Å².